The number of hydrogen-bond donors (Lipinski definition) is 2. The molecule has 3 aromatic carbocycles. The Labute approximate surface area is 304 Å². The Morgan fingerprint density at radius 2 is 1.55 bits per heavy atom. The number of benzene rings is 3. The third-order valence-electron chi connectivity index (χ3n) is 10.1. The molecule has 3 aliphatic rings. The molecule has 2 aliphatic heterocycles. The summed E-state index contributed by atoms with van der Waals surface area (Å²) in [4.78, 5) is 55.6. The number of carbonyl (C=O) groups excluding carboxylic acids is 4. The molecule has 5 aromatic rings. The molecule has 13 heteroatoms. The average molecular weight is 713 g/mol. The Bertz CT molecular complexity index is 2240. The molecule has 2 aromatic heterocycles. The van der Waals surface area contributed by atoms with E-state index in [1.807, 2.05) is 30.3 Å². The van der Waals surface area contributed by atoms with Gasteiger partial charge in [-0.2, -0.15) is 0 Å². The van der Waals surface area contributed by atoms with Crippen molar-refractivity contribution in [2.24, 2.45) is 0 Å². The number of fused-ring (bicyclic) bond motifs is 1. The topological polar surface area (TPSA) is 166 Å². The number of hydrogen-bond acceptors (Lipinski definition) is 11. The highest BCUT2D eigenvalue weighted by Crippen LogP contribution is 2.36. The number of carbonyl (C=O) groups is 4. The van der Waals surface area contributed by atoms with Crippen LogP contribution in [0.5, 0.6) is 17.4 Å². The van der Waals surface area contributed by atoms with Gasteiger partial charge < -0.3 is 19.2 Å². The summed E-state index contributed by atoms with van der Waals surface area (Å²) in [5.41, 5.74) is 3.74. The van der Waals surface area contributed by atoms with E-state index in [4.69, 9.17) is 13.9 Å². The van der Waals surface area contributed by atoms with Crippen LogP contribution in [0.4, 0.5) is 5.69 Å². The molecule has 1 aliphatic carbocycles. The highest BCUT2D eigenvalue weighted by Gasteiger charge is 2.45. The van der Waals surface area contributed by atoms with Gasteiger partial charge in [0.05, 0.1) is 11.1 Å². The van der Waals surface area contributed by atoms with E-state index in [0.29, 0.717) is 34.8 Å². The first-order valence-corrected chi connectivity index (χ1v) is 17.5. The number of aryl methyl sites for hydroxylation is 1. The van der Waals surface area contributed by atoms with E-state index in [9.17, 15) is 19.2 Å². The van der Waals surface area contributed by atoms with Crippen molar-refractivity contribution >= 4 is 29.3 Å². The predicted molar refractivity (Wildman–Crippen MR) is 192 cm³/mol. The van der Waals surface area contributed by atoms with Crippen molar-refractivity contribution in [1.82, 2.24) is 25.4 Å². The number of rotatable bonds is 10. The van der Waals surface area contributed by atoms with Gasteiger partial charge in [0.15, 0.2) is 0 Å². The smallest absolute Gasteiger partial charge is 0.266 e. The summed E-state index contributed by atoms with van der Waals surface area (Å²) in [6.07, 6.45) is 1.77. The molecule has 2 N–H and O–H groups in total. The Kier molecular flexibility index (Phi) is 8.48. The number of amides is 4. The molecule has 8 rings (SSSR count). The molecule has 1 saturated heterocycles. The van der Waals surface area contributed by atoms with Gasteiger partial charge >= 0.3 is 0 Å². The van der Waals surface area contributed by atoms with Crippen LogP contribution >= 0.6 is 0 Å². The fourth-order valence-corrected chi connectivity index (χ4v) is 6.94. The zero-order chi connectivity index (χ0) is 36.9. The van der Waals surface area contributed by atoms with Gasteiger partial charge in [-0.05, 0) is 66.1 Å². The summed E-state index contributed by atoms with van der Waals surface area (Å²) in [6.45, 7) is 6.08. The van der Waals surface area contributed by atoms with Crippen LogP contribution in [0.25, 0.3) is 11.6 Å². The van der Waals surface area contributed by atoms with Crippen LogP contribution in [0.3, 0.4) is 0 Å². The maximum atomic E-state index is 13.2. The van der Waals surface area contributed by atoms with Gasteiger partial charge in [-0.25, -0.2) is 4.98 Å². The van der Waals surface area contributed by atoms with Gasteiger partial charge in [0.25, 0.3) is 17.7 Å². The van der Waals surface area contributed by atoms with Gasteiger partial charge in [0, 0.05) is 49.4 Å². The maximum Gasteiger partial charge on any atom is 0.266 e. The molecule has 1 unspecified atom stereocenters. The summed E-state index contributed by atoms with van der Waals surface area (Å²) >= 11 is 0. The van der Waals surface area contributed by atoms with Crippen LogP contribution in [-0.2, 0) is 15.0 Å². The average Bonchev–Trinajstić information content (AvgIpc) is 3.67. The number of aromatic nitrogens is 3. The third kappa shape index (κ3) is 6.61. The van der Waals surface area contributed by atoms with Crippen LogP contribution < -0.4 is 20.1 Å². The number of anilines is 1. The molecule has 13 nitrogen and oxygen atoms in total. The van der Waals surface area contributed by atoms with Crippen LogP contribution in [0.1, 0.15) is 77.3 Å². The van der Waals surface area contributed by atoms with Crippen molar-refractivity contribution < 1.29 is 33.1 Å². The molecule has 1 saturated carbocycles. The van der Waals surface area contributed by atoms with E-state index in [0.717, 1.165) is 34.6 Å². The number of ether oxygens (including phenoxy) is 2. The molecule has 268 valence electrons. The quantitative estimate of drug-likeness (QED) is 0.164. The lowest BCUT2D eigenvalue weighted by atomic mass is 9.78. The van der Waals surface area contributed by atoms with Gasteiger partial charge in [0.1, 0.15) is 29.3 Å². The SMILES string of the molecule is Cc1nnc(-c2cccc(Oc3ccc(C(C)(C)c4ccc(OC5CC(Nc6ccc7c(c6)C(=O)N(C6CCC(=O)NC6=O)C7=O)C5)cc4)cc3)n2)o1. The van der Waals surface area contributed by atoms with Gasteiger partial charge in [0.2, 0.25) is 23.6 Å². The number of pyridine rings is 1. The van der Waals surface area contributed by atoms with Crippen LogP contribution in [0.15, 0.2) is 89.3 Å². The van der Waals surface area contributed by atoms with Gasteiger partial charge in [-0.3, -0.25) is 29.4 Å². The fraction of sp³-hybridized carbons (Fsp3) is 0.275. The molecule has 0 bridgehead atoms. The van der Waals surface area contributed by atoms with Crippen molar-refractivity contribution in [2.75, 3.05) is 5.32 Å². The zero-order valence-corrected chi connectivity index (χ0v) is 29.3. The molecule has 0 spiro atoms. The van der Waals surface area contributed by atoms with E-state index in [2.05, 4.69) is 63.9 Å². The van der Waals surface area contributed by atoms with Gasteiger partial charge in [-0.1, -0.05) is 44.2 Å². The Hall–Kier alpha value is -6.37. The number of piperidine rings is 1. The standard InChI is InChI=1S/C40H36N6O7/c1-22-44-45-37(51-22)32-5-4-6-35(42-32)53-28-14-9-24(10-15-28)40(2,3)23-7-12-27(13-8-23)52-29-19-26(20-29)41-25-11-16-30-31(21-25)39(50)46(38(30)49)33-17-18-34(47)43-36(33)48/h4-16,21,26,29,33,41H,17-20H2,1-3H3,(H,43,47,48). The molecule has 4 heterocycles. The molecule has 2 fully saturated rings. The fourth-order valence-electron chi connectivity index (χ4n) is 6.94. The molecule has 53 heavy (non-hydrogen) atoms. The van der Waals surface area contributed by atoms with Crippen LogP contribution in [-0.4, -0.2) is 61.9 Å². The summed E-state index contributed by atoms with van der Waals surface area (Å²) in [5, 5.41) is 13.5. The normalized spacial score (nSPS) is 19.8. The number of imide groups is 2. The summed E-state index contributed by atoms with van der Waals surface area (Å²) in [6, 6.07) is 25.7. The molecular formula is C40H36N6O7. The van der Waals surface area contributed by atoms with Crippen molar-refractivity contribution in [1.29, 1.82) is 0 Å². The lowest BCUT2D eigenvalue weighted by Crippen LogP contribution is -2.54. The lowest BCUT2D eigenvalue weighted by molar-refractivity contribution is -0.136. The second-order valence-corrected chi connectivity index (χ2v) is 14.0. The van der Waals surface area contributed by atoms with Crippen molar-refractivity contribution in [2.45, 2.75) is 70.1 Å². The predicted octanol–water partition coefficient (Wildman–Crippen LogP) is 5.98. The first kappa shape index (κ1) is 33.8. The van der Waals surface area contributed by atoms with E-state index < -0.39 is 29.7 Å². The Balaban J connectivity index is 0.839. The third-order valence-corrected chi connectivity index (χ3v) is 10.1. The second kappa shape index (κ2) is 13.3. The van der Waals surface area contributed by atoms with E-state index in [-0.39, 0.29) is 41.5 Å². The summed E-state index contributed by atoms with van der Waals surface area (Å²) in [7, 11) is 0. The molecule has 4 amide bonds. The summed E-state index contributed by atoms with van der Waals surface area (Å²) < 4.78 is 17.8. The summed E-state index contributed by atoms with van der Waals surface area (Å²) in [5.74, 6) is 0.600. The minimum Gasteiger partial charge on any atom is -0.490 e. The Morgan fingerprint density at radius 1 is 0.849 bits per heavy atom. The van der Waals surface area contributed by atoms with E-state index in [1.54, 1.807) is 37.3 Å². The monoisotopic (exact) mass is 712 g/mol. The highest BCUT2D eigenvalue weighted by molar-refractivity contribution is 6.23. The minimum atomic E-state index is -0.990. The highest BCUT2D eigenvalue weighted by atomic mass is 16.5. The molecule has 0 radical (unpaired) electrons. The molecular weight excluding hydrogens is 676 g/mol. The largest absolute Gasteiger partial charge is 0.490 e. The minimum absolute atomic E-state index is 0.0332. The van der Waals surface area contributed by atoms with E-state index in [1.165, 1.54) is 0 Å². The number of nitrogens with one attached hydrogen (secondary N) is 2. The lowest BCUT2D eigenvalue weighted by Gasteiger charge is -2.36. The van der Waals surface area contributed by atoms with Gasteiger partial charge in [-0.15, -0.1) is 10.2 Å². The van der Waals surface area contributed by atoms with Crippen molar-refractivity contribution in [3.05, 3.63) is 113 Å². The van der Waals surface area contributed by atoms with Crippen molar-refractivity contribution in [3.8, 4) is 29.0 Å². The second-order valence-electron chi connectivity index (χ2n) is 14.0. The number of nitrogens with zero attached hydrogens (tertiary/aromatic N) is 4. The van der Waals surface area contributed by atoms with Crippen LogP contribution in [0, 0.1) is 6.92 Å². The maximum absolute atomic E-state index is 13.2. The van der Waals surface area contributed by atoms with Crippen LogP contribution in [0.2, 0.25) is 0 Å². The van der Waals surface area contributed by atoms with E-state index >= 15 is 0 Å². The first-order chi connectivity index (χ1) is 25.5. The Morgan fingerprint density at radius 3 is 2.23 bits per heavy atom. The first-order valence-electron chi connectivity index (χ1n) is 17.5. The zero-order valence-electron chi connectivity index (χ0n) is 29.3. The van der Waals surface area contributed by atoms with Crippen molar-refractivity contribution in [3.63, 3.8) is 0 Å². The molecule has 1 atom stereocenters.